The van der Waals surface area contributed by atoms with Gasteiger partial charge in [-0.15, -0.1) is 0 Å². The van der Waals surface area contributed by atoms with E-state index in [4.69, 9.17) is 4.74 Å². The van der Waals surface area contributed by atoms with Crippen molar-refractivity contribution < 1.29 is 4.74 Å². The molecule has 1 atom stereocenters. The van der Waals surface area contributed by atoms with Crippen LogP contribution in [0.4, 0.5) is 0 Å². The van der Waals surface area contributed by atoms with Crippen molar-refractivity contribution in [2.24, 2.45) is 0 Å². The van der Waals surface area contributed by atoms with Crippen LogP contribution < -0.4 is 0 Å². The molecule has 0 rings (SSSR count). The van der Waals surface area contributed by atoms with Crippen LogP contribution in [0.5, 0.6) is 0 Å². The van der Waals surface area contributed by atoms with Crippen molar-refractivity contribution in [3.63, 3.8) is 0 Å². The second-order valence-corrected chi connectivity index (χ2v) is 3.52. The van der Waals surface area contributed by atoms with Crippen molar-refractivity contribution in [2.45, 2.75) is 31.0 Å². The van der Waals surface area contributed by atoms with Crippen LogP contribution in [0.3, 0.4) is 0 Å². The van der Waals surface area contributed by atoms with E-state index in [1.165, 1.54) is 0 Å². The number of halogens is 1. The van der Waals surface area contributed by atoms with E-state index in [1.54, 1.807) is 7.11 Å². The number of rotatable bonds is 4. The van der Waals surface area contributed by atoms with Gasteiger partial charge < -0.3 is 4.74 Å². The Hall–Kier alpha value is 0.650. The molecule has 0 spiro atoms. The van der Waals surface area contributed by atoms with Gasteiger partial charge in [-0.05, 0) is 43.0 Å². The van der Waals surface area contributed by atoms with E-state index >= 15 is 0 Å². The van der Waals surface area contributed by atoms with Gasteiger partial charge >= 0.3 is 0 Å². The monoisotopic (exact) mass is 257 g/mol. The lowest BCUT2D eigenvalue weighted by atomic mass is 10.3. The molecule has 0 aromatic carbocycles. The van der Waals surface area contributed by atoms with Crippen molar-refractivity contribution >= 4 is 22.6 Å². The van der Waals surface area contributed by atoms with Crippen molar-refractivity contribution in [1.29, 1.82) is 0 Å². The fourth-order valence-electron chi connectivity index (χ4n) is 0.878. The molecule has 0 heterocycles. The molecule has 0 aliphatic rings. The highest BCUT2D eigenvalue weighted by Crippen LogP contribution is 2.11. The Labute approximate surface area is 77.1 Å². The van der Waals surface area contributed by atoms with E-state index < -0.39 is 0 Å². The number of alkyl halides is 1. The summed E-state index contributed by atoms with van der Waals surface area (Å²) in [6, 6.07) is 0.562. The lowest BCUT2D eigenvalue weighted by molar-refractivity contribution is 0.0306. The molecule has 0 amide bonds. The highest BCUT2D eigenvalue weighted by molar-refractivity contribution is 14.1. The van der Waals surface area contributed by atoms with Gasteiger partial charge in [0.2, 0.25) is 0 Å². The first-order valence-electron chi connectivity index (χ1n) is 3.56. The first-order chi connectivity index (χ1) is 4.63. The molecular formula is C7H16INO. The summed E-state index contributed by atoms with van der Waals surface area (Å²) in [4.78, 5) is 2.28. The van der Waals surface area contributed by atoms with E-state index in [0.717, 1.165) is 6.54 Å². The molecule has 0 aliphatic carbocycles. The standard InChI is InChI=1S/C7H16INO/c1-5-9(6(2)3)7(8)10-4/h6-7H,5H2,1-4H3. The van der Waals surface area contributed by atoms with Crippen LogP contribution in [0.25, 0.3) is 0 Å². The quantitative estimate of drug-likeness (QED) is 0.331. The first-order valence-corrected chi connectivity index (χ1v) is 4.80. The summed E-state index contributed by atoms with van der Waals surface area (Å²) in [7, 11) is 1.74. The molecule has 10 heavy (non-hydrogen) atoms. The summed E-state index contributed by atoms with van der Waals surface area (Å²) in [6.07, 6.45) is 0. The van der Waals surface area contributed by atoms with Gasteiger partial charge in [-0.1, -0.05) is 6.92 Å². The van der Waals surface area contributed by atoms with E-state index in [2.05, 4.69) is 48.3 Å². The Kier molecular flexibility index (Phi) is 5.67. The Balaban J connectivity index is 3.80. The third-order valence-electron chi connectivity index (χ3n) is 1.48. The third kappa shape index (κ3) is 3.16. The Morgan fingerprint density at radius 3 is 2.10 bits per heavy atom. The molecule has 3 heteroatoms. The summed E-state index contributed by atoms with van der Waals surface area (Å²) in [5, 5.41) is 0. The predicted octanol–water partition coefficient (Wildman–Crippen LogP) is 2.08. The maximum Gasteiger partial charge on any atom is 0.162 e. The molecule has 0 N–H and O–H groups in total. The second-order valence-electron chi connectivity index (χ2n) is 2.45. The van der Waals surface area contributed by atoms with Crippen molar-refractivity contribution in [3.05, 3.63) is 0 Å². The van der Waals surface area contributed by atoms with Gasteiger partial charge in [0.25, 0.3) is 0 Å². The van der Waals surface area contributed by atoms with E-state index in [1.807, 2.05) is 0 Å². The zero-order chi connectivity index (χ0) is 8.15. The van der Waals surface area contributed by atoms with Gasteiger partial charge in [-0.3, -0.25) is 4.90 Å². The number of hydrogen-bond acceptors (Lipinski definition) is 2. The fraction of sp³-hybridized carbons (Fsp3) is 1.00. The van der Waals surface area contributed by atoms with Crippen molar-refractivity contribution in [3.8, 4) is 0 Å². The van der Waals surface area contributed by atoms with Gasteiger partial charge in [-0.25, -0.2) is 0 Å². The summed E-state index contributed by atoms with van der Waals surface area (Å²) >= 11 is 2.29. The Morgan fingerprint density at radius 2 is 2.00 bits per heavy atom. The number of ether oxygens (including phenoxy) is 1. The van der Waals surface area contributed by atoms with Crippen LogP contribution in [-0.2, 0) is 4.74 Å². The topological polar surface area (TPSA) is 12.5 Å². The molecule has 0 bridgehead atoms. The fourth-order valence-corrected chi connectivity index (χ4v) is 1.92. The third-order valence-corrected chi connectivity index (χ3v) is 2.71. The molecular weight excluding hydrogens is 241 g/mol. The SMILES string of the molecule is CCN(C(C)C)C(I)OC. The molecule has 62 valence electrons. The minimum absolute atomic E-state index is 0.211. The van der Waals surface area contributed by atoms with Gasteiger partial charge in [-0.2, -0.15) is 0 Å². The second kappa shape index (κ2) is 5.32. The summed E-state index contributed by atoms with van der Waals surface area (Å²) in [5.41, 5.74) is 0. The Bertz CT molecular complexity index is 87.7. The summed E-state index contributed by atoms with van der Waals surface area (Å²) in [5.74, 6) is 0. The number of hydrogen-bond donors (Lipinski definition) is 0. The Morgan fingerprint density at radius 1 is 1.50 bits per heavy atom. The molecule has 0 saturated heterocycles. The average molecular weight is 257 g/mol. The van der Waals surface area contributed by atoms with Gasteiger partial charge in [0.05, 0.1) is 0 Å². The lowest BCUT2D eigenvalue weighted by Crippen LogP contribution is -2.37. The highest BCUT2D eigenvalue weighted by Gasteiger charge is 2.14. The maximum atomic E-state index is 5.18. The first kappa shape index (κ1) is 10.7. The zero-order valence-electron chi connectivity index (χ0n) is 7.10. The molecule has 0 saturated carbocycles. The smallest absolute Gasteiger partial charge is 0.162 e. The average Bonchev–Trinajstić information content (AvgIpc) is 1.88. The van der Waals surface area contributed by atoms with E-state index in [-0.39, 0.29) is 4.23 Å². The van der Waals surface area contributed by atoms with Crippen LogP contribution in [-0.4, -0.2) is 28.8 Å². The number of nitrogens with zero attached hydrogens (tertiary/aromatic N) is 1. The normalized spacial score (nSPS) is 14.7. The van der Waals surface area contributed by atoms with Crippen LogP contribution in [0.1, 0.15) is 20.8 Å². The van der Waals surface area contributed by atoms with Crippen molar-refractivity contribution in [1.82, 2.24) is 4.90 Å². The van der Waals surface area contributed by atoms with Gasteiger partial charge in [0.15, 0.2) is 4.23 Å². The summed E-state index contributed by atoms with van der Waals surface area (Å²) < 4.78 is 5.39. The van der Waals surface area contributed by atoms with Crippen LogP contribution in [0, 0.1) is 0 Å². The van der Waals surface area contributed by atoms with Gasteiger partial charge in [0, 0.05) is 13.2 Å². The molecule has 0 aliphatic heterocycles. The minimum Gasteiger partial charge on any atom is -0.357 e. The zero-order valence-corrected chi connectivity index (χ0v) is 9.25. The molecule has 2 nitrogen and oxygen atoms in total. The van der Waals surface area contributed by atoms with Crippen LogP contribution in [0.2, 0.25) is 0 Å². The molecule has 0 aromatic rings. The minimum atomic E-state index is 0.211. The largest absolute Gasteiger partial charge is 0.357 e. The number of methoxy groups -OCH3 is 1. The molecule has 0 aromatic heterocycles. The van der Waals surface area contributed by atoms with Gasteiger partial charge in [0.1, 0.15) is 0 Å². The molecule has 1 unspecified atom stereocenters. The highest BCUT2D eigenvalue weighted by atomic mass is 127. The van der Waals surface area contributed by atoms with E-state index in [0.29, 0.717) is 6.04 Å². The van der Waals surface area contributed by atoms with Crippen molar-refractivity contribution in [2.75, 3.05) is 13.7 Å². The molecule has 0 radical (unpaired) electrons. The van der Waals surface area contributed by atoms with E-state index in [9.17, 15) is 0 Å². The lowest BCUT2D eigenvalue weighted by Gasteiger charge is -2.28. The summed E-state index contributed by atoms with van der Waals surface area (Å²) in [6.45, 7) is 7.53. The molecule has 0 fully saturated rings. The van der Waals surface area contributed by atoms with Crippen LogP contribution in [0.15, 0.2) is 0 Å². The maximum absolute atomic E-state index is 5.18. The predicted molar refractivity (Wildman–Crippen MR) is 52.3 cm³/mol. The van der Waals surface area contributed by atoms with Crippen LogP contribution >= 0.6 is 22.6 Å².